The lowest BCUT2D eigenvalue weighted by Crippen LogP contribution is -2.50. The molecule has 3 rings (SSSR count). The summed E-state index contributed by atoms with van der Waals surface area (Å²) in [4.78, 5) is 9.12. The average Bonchev–Trinajstić information content (AvgIpc) is 2.76. The van der Waals surface area contributed by atoms with Gasteiger partial charge in [-0.05, 0) is 37.0 Å². The van der Waals surface area contributed by atoms with Crippen molar-refractivity contribution in [3.8, 4) is 0 Å². The zero-order valence-electron chi connectivity index (χ0n) is 18.2. The lowest BCUT2D eigenvalue weighted by atomic mass is 9.94. The second kappa shape index (κ2) is 12.0. The fraction of sp³-hybridized carbons (Fsp3) is 0.682. The molecule has 6 nitrogen and oxygen atoms in total. The predicted molar refractivity (Wildman–Crippen MR) is 131 cm³/mol. The number of aliphatic imine (C=N–C) groups is 1. The molecule has 2 saturated heterocycles. The third-order valence-corrected chi connectivity index (χ3v) is 6.06. The molecule has 164 valence electrons. The number of methoxy groups -OCH3 is 1. The molecule has 0 atom stereocenters. The molecule has 2 aliphatic heterocycles. The molecule has 2 heterocycles. The average molecular weight is 516 g/mol. The fourth-order valence-electron chi connectivity index (χ4n) is 4.13. The zero-order chi connectivity index (χ0) is 19.8. The highest BCUT2D eigenvalue weighted by Crippen LogP contribution is 2.24. The smallest absolute Gasteiger partial charge is 0.193 e. The summed E-state index contributed by atoms with van der Waals surface area (Å²) >= 11 is 0. The number of ether oxygens (including phenoxy) is 2. The van der Waals surface area contributed by atoms with Crippen LogP contribution in [0.15, 0.2) is 29.3 Å². The zero-order valence-corrected chi connectivity index (χ0v) is 20.5. The first-order valence-corrected chi connectivity index (χ1v) is 10.5. The highest BCUT2D eigenvalue weighted by atomic mass is 127. The van der Waals surface area contributed by atoms with Crippen LogP contribution in [0.25, 0.3) is 0 Å². The number of hydrogen-bond acceptors (Lipinski definition) is 4. The standard InChI is InChI=1S/C22H36N4O2.HI/c1-23-21(24-18-22(27-3)11-15-28-16-12-22)25(2)17-19-7-9-20(10-8-19)26-13-5-4-6-14-26;/h7-10H,4-6,11-18H2,1-3H3,(H,23,24);1H. The van der Waals surface area contributed by atoms with Gasteiger partial charge < -0.3 is 24.6 Å². The highest BCUT2D eigenvalue weighted by molar-refractivity contribution is 14.0. The SMILES string of the molecule is CN=C(NCC1(OC)CCOCC1)N(C)Cc1ccc(N2CCCCC2)cc1.I. The van der Waals surface area contributed by atoms with Crippen LogP contribution in [0.4, 0.5) is 5.69 Å². The van der Waals surface area contributed by atoms with Crippen LogP contribution < -0.4 is 10.2 Å². The fourth-order valence-corrected chi connectivity index (χ4v) is 4.13. The first kappa shape index (κ1) is 24.2. The summed E-state index contributed by atoms with van der Waals surface area (Å²) in [5.41, 5.74) is 2.47. The van der Waals surface area contributed by atoms with Crippen LogP contribution in [0.5, 0.6) is 0 Å². The molecule has 2 fully saturated rings. The van der Waals surface area contributed by atoms with Crippen molar-refractivity contribution in [1.29, 1.82) is 0 Å². The molecule has 0 saturated carbocycles. The van der Waals surface area contributed by atoms with Crippen LogP contribution in [0.3, 0.4) is 0 Å². The van der Waals surface area contributed by atoms with Crippen LogP contribution in [0, 0.1) is 0 Å². The molecular weight excluding hydrogens is 479 g/mol. The number of guanidine groups is 1. The summed E-state index contributed by atoms with van der Waals surface area (Å²) in [6, 6.07) is 8.99. The van der Waals surface area contributed by atoms with E-state index in [1.807, 2.05) is 7.05 Å². The van der Waals surface area contributed by atoms with E-state index in [1.54, 1.807) is 7.11 Å². The summed E-state index contributed by atoms with van der Waals surface area (Å²) in [7, 11) is 5.71. The van der Waals surface area contributed by atoms with Gasteiger partial charge in [0.25, 0.3) is 0 Å². The maximum atomic E-state index is 5.82. The van der Waals surface area contributed by atoms with E-state index in [0.29, 0.717) is 0 Å². The van der Waals surface area contributed by atoms with Gasteiger partial charge in [0.1, 0.15) is 0 Å². The lowest BCUT2D eigenvalue weighted by molar-refractivity contribution is -0.0857. The van der Waals surface area contributed by atoms with Crippen molar-refractivity contribution < 1.29 is 9.47 Å². The molecule has 29 heavy (non-hydrogen) atoms. The quantitative estimate of drug-likeness (QED) is 0.357. The van der Waals surface area contributed by atoms with Gasteiger partial charge in [0, 0.05) is 79.1 Å². The van der Waals surface area contributed by atoms with Crippen LogP contribution >= 0.6 is 24.0 Å². The van der Waals surface area contributed by atoms with Crippen molar-refractivity contribution in [1.82, 2.24) is 10.2 Å². The maximum Gasteiger partial charge on any atom is 0.193 e. The van der Waals surface area contributed by atoms with Gasteiger partial charge in [0.2, 0.25) is 0 Å². The number of benzene rings is 1. The second-order valence-corrected chi connectivity index (χ2v) is 7.97. The molecule has 0 amide bonds. The third kappa shape index (κ3) is 6.72. The minimum absolute atomic E-state index is 0. The maximum absolute atomic E-state index is 5.82. The molecule has 7 heteroatoms. The molecule has 0 aliphatic carbocycles. The Morgan fingerprint density at radius 2 is 1.83 bits per heavy atom. The lowest BCUT2D eigenvalue weighted by Gasteiger charge is -2.37. The first-order chi connectivity index (χ1) is 13.7. The molecule has 1 aromatic carbocycles. The van der Waals surface area contributed by atoms with E-state index in [-0.39, 0.29) is 29.6 Å². The number of piperidine rings is 1. The van der Waals surface area contributed by atoms with E-state index in [2.05, 4.69) is 51.4 Å². The molecule has 1 N–H and O–H groups in total. The van der Waals surface area contributed by atoms with Gasteiger partial charge in [-0.15, -0.1) is 24.0 Å². The number of nitrogens with zero attached hydrogens (tertiary/aromatic N) is 3. The first-order valence-electron chi connectivity index (χ1n) is 10.5. The molecule has 1 aromatic rings. The topological polar surface area (TPSA) is 49.3 Å². The predicted octanol–water partition coefficient (Wildman–Crippen LogP) is 3.50. The van der Waals surface area contributed by atoms with Gasteiger partial charge in [-0.2, -0.15) is 0 Å². The largest absolute Gasteiger partial charge is 0.381 e. The van der Waals surface area contributed by atoms with Crippen LogP contribution in [0.1, 0.15) is 37.7 Å². The second-order valence-electron chi connectivity index (χ2n) is 7.97. The van der Waals surface area contributed by atoms with Gasteiger partial charge >= 0.3 is 0 Å². The van der Waals surface area contributed by atoms with E-state index in [1.165, 1.54) is 43.6 Å². The van der Waals surface area contributed by atoms with Gasteiger partial charge in [0.15, 0.2) is 5.96 Å². The van der Waals surface area contributed by atoms with Crippen LogP contribution in [-0.4, -0.2) is 70.5 Å². The number of anilines is 1. The Hall–Kier alpha value is -1.06. The normalized spacial score (nSPS) is 19.4. The van der Waals surface area contributed by atoms with E-state index in [4.69, 9.17) is 9.47 Å². The highest BCUT2D eigenvalue weighted by Gasteiger charge is 2.32. The van der Waals surface area contributed by atoms with Crippen LogP contribution in [-0.2, 0) is 16.0 Å². The minimum Gasteiger partial charge on any atom is -0.381 e. The van der Waals surface area contributed by atoms with Crippen molar-refractivity contribution in [2.45, 2.75) is 44.2 Å². The number of rotatable bonds is 6. The number of hydrogen-bond donors (Lipinski definition) is 1. The van der Waals surface area contributed by atoms with Crippen LogP contribution in [0.2, 0.25) is 0 Å². The molecule has 0 unspecified atom stereocenters. The van der Waals surface area contributed by atoms with Gasteiger partial charge in [-0.1, -0.05) is 12.1 Å². The molecular formula is C22H37IN4O2. The number of halogens is 1. The molecule has 0 spiro atoms. The van der Waals surface area contributed by atoms with Crippen molar-refractivity contribution in [2.75, 3.05) is 59.0 Å². The summed E-state index contributed by atoms with van der Waals surface area (Å²) in [5, 5.41) is 3.50. The van der Waals surface area contributed by atoms with Gasteiger partial charge in [-0.25, -0.2) is 0 Å². The Morgan fingerprint density at radius 1 is 1.17 bits per heavy atom. The number of nitrogens with one attached hydrogen (secondary N) is 1. The summed E-state index contributed by atoms with van der Waals surface area (Å²) in [6.07, 6.45) is 5.80. The summed E-state index contributed by atoms with van der Waals surface area (Å²) < 4.78 is 11.3. The molecule has 2 aliphatic rings. The monoisotopic (exact) mass is 516 g/mol. The Balaban J connectivity index is 0.00000300. The third-order valence-electron chi connectivity index (χ3n) is 6.06. The van der Waals surface area contributed by atoms with E-state index in [0.717, 1.165) is 45.1 Å². The van der Waals surface area contributed by atoms with Gasteiger partial charge in [-0.3, -0.25) is 4.99 Å². The van der Waals surface area contributed by atoms with Crippen molar-refractivity contribution in [2.24, 2.45) is 4.99 Å². The van der Waals surface area contributed by atoms with Crippen molar-refractivity contribution >= 4 is 35.6 Å². The Bertz CT molecular complexity index is 626. The van der Waals surface area contributed by atoms with Crippen molar-refractivity contribution in [3.05, 3.63) is 29.8 Å². The molecule has 0 aromatic heterocycles. The van der Waals surface area contributed by atoms with E-state index in [9.17, 15) is 0 Å². The Kier molecular flexibility index (Phi) is 9.98. The van der Waals surface area contributed by atoms with E-state index >= 15 is 0 Å². The Labute approximate surface area is 193 Å². The Morgan fingerprint density at radius 3 is 2.41 bits per heavy atom. The summed E-state index contributed by atoms with van der Waals surface area (Å²) in [6.45, 7) is 5.45. The van der Waals surface area contributed by atoms with Crippen molar-refractivity contribution in [3.63, 3.8) is 0 Å². The molecule has 0 bridgehead atoms. The minimum atomic E-state index is -0.162. The van der Waals surface area contributed by atoms with Gasteiger partial charge in [0.05, 0.1) is 5.60 Å². The molecule has 0 radical (unpaired) electrons. The van der Waals surface area contributed by atoms with E-state index < -0.39 is 0 Å². The summed E-state index contributed by atoms with van der Waals surface area (Å²) in [5.74, 6) is 0.892.